The van der Waals surface area contributed by atoms with Gasteiger partial charge < -0.3 is 59.8 Å². The fourth-order valence-corrected chi connectivity index (χ4v) is 14.1. The van der Waals surface area contributed by atoms with Gasteiger partial charge in [0.2, 0.25) is 0 Å². The van der Waals surface area contributed by atoms with Crippen molar-refractivity contribution >= 4 is 11.9 Å². The zero-order valence-electron chi connectivity index (χ0n) is 35.4. The van der Waals surface area contributed by atoms with E-state index in [2.05, 4.69) is 33.8 Å². The van der Waals surface area contributed by atoms with E-state index in [0.717, 1.165) is 52.1 Å². The van der Waals surface area contributed by atoms with Crippen LogP contribution in [-0.2, 0) is 28.5 Å². The molecule has 0 aromatic carbocycles. The van der Waals surface area contributed by atoms with Gasteiger partial charge in [-0.3, -0.25) is 9.59 Å². The molecule has 0 bridgehead atoms. The van der Waals surface area contributed by atoms with Gasteiger partial charge >= 0.3 is 11.9 Å². The van der Waals surface area contributed by atoms with E-state index in [1.165, 1.54) is 5.57 Å². The third kappa shape index (κ3) is 6.73. The highest BCUT2D eigenvalue weighted by Gasteiger charge is 2.71. The van der Waals surface area contributed by atoms with E-state index in [4.69, 9.17) is 18.9 Å². The molecule has 330 valence electrons. The number of carbonyl (C=O) groups excluding carboxylic acids is 1. The lowest BCUT2D eigenvalue weighted by Gasteiger charge is -2.71. The molecule has 1 aliphatic heterocycles. The minimum atomic E-state index is -1.78. The van der Waals surface area contributed by atoms with Crippen LogP contribution in [0, 0.1) is 50.7 Å². The van der Waals surface area contributed by atoms with E-state index in [1.807, 2.05) is 13.8 Å². The summed E-state index contributed by atoms with van der Waals surface area (Å²) >= 11 is 0. The molecule has 58 heavy (non-hydrogen) atoms. The molecule has 0 amide bonds. The molecule has 18 atom stereocenters. The normalized spacial score (nSPS) is 50.9. The van der Waals surface area contributed by atoms with Crippen LogP contribution in [0.4, 0.5) is 0 Å². The highest BCUT2D eigenvalue weighted by molar-refractivity contribution is 5.73. The first-order valence-corrected chi connectivity index (χ1v) is 21.7. The zero-order chi connectivity index (χ0) is 42.5. The molecule has 14 nitrogen and oxygen atoms in total. The van der Waals surface area contributed by atoms with Gasteiger partial charge in [0.05, 0.1) is 50.0 Å². The fraction of sp³-hybridized carbons (Fsp3) is 0.909. The lowest BCUT2D eigenvalue weighted by Crippen LogP contribution is -2.72. The molecule has 1 saturated heterocycles. The summed E-state index contributed by atoms with van der Waals surface area (Å²) in [4.78, 5) is 24.8. The third-order valence-corrected chi connectivity index (χ3v) is 17.7. The van der Waals surface area contributed by atoms with Crippen LogP contribution in [0.15, 0.2) is 11.6 Å². The Morgan fingerprint density at radius 2 is 1.53 bits per heavy atom. The number of ether oxygens (including phenoxy) is 4. The quantitative estimate of drug-likeness (QED) is 0.100. The van der Waals surface area contributed by atoms with Crippen LogP contribution in [0.1, 0.15) is 119 Å². The maximum atomic E-state index is 13.2. The van der Waals surface area contributed by atoms with Crippen molar-refractivity contribution < 1.29 is 69.4 Å². The Labute approximate surface area is 342 Å². The molecule has 0 spiro atoms. The number of rotatable bonds is 8. The maximum Gasteiger partial charge on any atom is 0.311 e. The number of hydrogen-bond donors (Lipinski definition) is 8. The number of carboxylic acids is 1. The maximum absolute atomic E-state index is 13.2. The molecule has 14 heteroatoms. The van der Waals surface area contributed by atoms with Crippen molar-refractivity contribution in [2.75, 3.05) is 13.7 Å². The SMILES string of the molecule is COC(=O)C1CC(OC2C(OC3CCC4(C)C5CC=C6C7CC(C)(C)CCC7(CC(=O)O)CCC6C5(C)CCC4(O)C3(C)C)OC(CO)C(O)C2O)C(O)C(O)C1O. The minimum absolute atomic E-state index is 0.104. The smallest absolute Gasteiger partial charge is 0.311 e. The van der Waals surface area contributed by atoms with Crippen molar-refractivity contribution in [2.24, 2.45) is 50.7 Å². The van der Waals surface area contributed by atoms with Gasteiger partial charge in [-0.15, -0.1) is 0 Å². The molecular weight excluding hydrogens is 752 g/mol. The number of allylic oxidation sites excluding steroid dienone is 2. The molecule has 0 aromatic heterocycles. The predicted molar refractivity (Wildman–Crippen MR) is 208 cm³/mol. The largest absolute Gasteiger partial charge is 0.481 e. The molecule has 6 aliphatic carbocycles. The standard InChI is InChI=1S/C44H70O14/c1-39(2)14-16-43(20-30(46)47)13-10-24-22(25(43)19-39)8-9-28-41(24,5)15-17-44(54)40(3,4)29(11-12-42(28,44)6)58-38-36(35(52)33(50)27(21-45)57-38)56-26-18-23(37(53)55-7)31(48)34(51)32(26)49/h8,23-29,31-36,38,45,48-52,54H,9-21H2,1-7H3,(H,46,47). The van der Waals surface area contributed by atoms with Crippen LogP contribution in [0.2, 0.25) is 0 Å². The average Bonchev–Trinajstić information content (AvgIpc) is 3.16. The van der Waals surface area contributed by atoms with Crippen molar-refractivity contribution in [3.63, 3.8) is 0 Å². The molecule has 1 heterocycles. The summed E-state index contributed by atoms with van der Waals surface area (Å²) in [5.41, 5.74) is -1.35. The molecule has 8 N–H and O–H groups in total. The van der Waals surface area contributed by atoms with E-state index in [0.29, 0.717) is 25.2 Å². The van der Waals surface area contributed by atoms with Crippen molar-refractivity contribution in [3.8, 4) is 0 Å². The van der Waals surface area contributed by atoms with Crippen LogP contribution in [-0.4, -0.2) is 133 Å². The van der Waals surface area contributed by atoms with E-state index >= 15 is 0 Å². The molecule has 18 unspecified atom stereocenters. The topological polar surface area (TPSA) is 233 Å². The van der Waals surface area contributed by atoms with Gasteiger partial charge in [-0.1, -0.05) is 53.2 Å². The summed E-state index contributed by atoms with van der Waals surface area (Å²) in [6.45, 7) is 12.6. The molecule has 7 aliphatic rings. The molecule has 7 rings (SSSR count). The summed E-state index contributed by atoms with van der Waals surface area (Å²) in [5.74, 6) is -2.10. The Hall–Kier alpha value is -1.72. The lowest BCUT2D eigenvalue weighted by atomic mass is 9.35. The van der Waals surface area contributed by atoms with Crippen molar-refractivity contribution in [1.82, 2.24) is 0 Å². The summed E-state index contributed by atoms with van der Waals surface area (Å²) in [6.07, 6.45) is -4.06. The Morgan fingerprint density at radius 1 is 0.828 bits per heavy atom. The van der Waals surface area contributed by atoms with Gasteiger partial charge in [-0.25, -0.2) is 0 Å². The van der Waals surface area contributed by atoms with Crippen molar-refractivity contribution in [3.05, 3.63) is 11.6 Å². The van der Waals surface area contributed by atoms with Gasteiger partial charge in [0, 0.05) is 10.8 Å². The summed E-state index contributed by atoms with van der Waals surface area (Å²) < 4.78 is 23.8. The van der Waals surface area contributed by atoms with Crippen LogP contribution in [0.5, 0.6) is 0 Å². The van der Waals surface area contributed by atoms with Gasteiger partial charge in [-0.05, 0) is 105 Å². The Morgan fingerprint density at radius 3 is 2.19 bits per heavy atom. The fourth-order valence-electron chi connectivity index (χ4n) is 14.1. The van der Waals surface area contributed by atoms with Crippen LogP contribution in [0.25, 0.3) is 0 Å². The summed E-state index contributed by atoms with van der Waals surface area (Å²) in [7, 11) is 1.14. The molecule has 5 saturated carbocycles. The lowest BCUT2D eigenvalue weighted by molar-refractivity contribution is -0.360. The zero-order valence-corrected chi connectivity index (χ0v) is 35.4. The highest BCUT2D eigenvalue weighted by Crippen LogP contribution is 2.73. The first-order valence-electron chi connectivity index (χ1n) is 21.7. The molecule has 6 fully saturated rings. The van der Waals surface area contributed by atoms with E-state index in [-0.39, 0.29) is 40.9 Å². The van der Waals surface area contributed by atoms with E-state index < -0.39 is 102 Å². The highest BCUT2D eigenvalue weighted by atomic mass is 16.7. The number of carboxylic acid groups (broad SMARTS) is 1. The van der Waals surface area contributed by atoms with Gasteiger partial charge in [0.15, 0.2) is 6.29 Å². The average molecular weight is 823 g/mol. The summed E-state index contributed by atoms with van der Waals surface area (Å²) in [5, 5.41) is 87.9. The molecule has 0 radical (unpaired) electrons. The number of aliphatic carboxylic acids is 1. The monoisotopic (exact) mass is 822 g/mol. The van der Waals surface area contributed by atoms with Crippen LogP contribution < -0.4 is 0 Å². The first-order chi connectivity index (χ1) is 27.0. The number of aliphatic hydroxyl groups excluding tert-OH is 6. The van der Waals surface area contributed by atoms with E-state index in [9.17, 15) is 50.4 Å². The van der Waals surface area contributed by atoms with E-state index in [1.54, 1.807) is 0 Å². The summed E-state index contributed by atoms with van der Waals surface area (Å²) in [6, 6.07) is 0. The van der Waals surface area contributed by atoms with Crippen molar-refractivity contribution in [1.29, 1.82) is 0 Å². The predicted octanol–water partition coefficient (Wildman–Crippen LogP) is 2.84. The Kier molecular flexibility index (Phi) is 11.7. The second-order valence-electron chi connectivity index (χ2n) is 21.3. The number of methoxy groups -OCH3 is 1. The number of hydrogen-bond acceptors (Lipinski definition) is 13. The Balaban J connectivity index is 1.15. The van der Waals surface area contributed by atoms with Crippen LogP contribution in [0.3, 0.4) is 0 Å². The number of aliphatic hydroxyl groups is 7. The second-order valence-corrected chi connectivity index (χ2v) is 21.3. The number of fused-ring (bicyclic) bond motifs is 7. The number of esters is 1. The van der Waals surface area contributed by atoms with Crippen LogP contribution >= 0.6 is 0 Å². The molecule has 0 aromatic rings. The second kappa shape index (κ2) is 15.3. The number of carbonyl (C=O) groups is 2. The van der Waals surface area contributed by atoms with Gasteiger partial charge in [0.25, 0.3) is 0 Å². The molecular formula is C44H70O14. The third-order valence-electron chi connectivity index (χ3n) is 17.7. The Bertz CT molecular complexity index is 1600. The van der Waals surface area contributed by atoms with Gasteiger partial charge in [0.1, 0.15) is 36.6 Å². The van der Waals surface area contributed by atoms with Crippen molar-refractivity contribution in [2.45, 2.75) is 185 Å². The van der Waals surface area contributed by atoms with Gasteiger partial charge in [-0.2, -0.15) is 0 Å². The first kappa shape index (κ1) is 44.3. The minimum Gasteiger partial charge on any atom is -0.481 e.